The highest BCUT2D eigenvalue weighted by Crippen LogP contribution is 2.53. The van der Waals surface area contributed by atoms with Gasteiger partial charge in [-0.2, -0.15) is 31.6 Å². The Bertz CT molecular complexity index is 1380. The molecule has 31 heavy (non-hydrogen) atoms. The van der Waals surface area contributed by atoms with Crippen LogP contribution in [0.4, 0.5) is 28.4 Å². The van der Waals surface area contributed by atoms with Crippen LogP contribution in [0.2, 0.25) is 0 Å². The van der Waals surface area contributed by atoms with Crippen molar-refractivity contribution < 1.29 is 0 Å². The normalized spacial score (nSPS) is 18.2. The number of anilines is 2. The zero-order valence-electron chi connectivity index (χ0n) is 15.9. The molecule has 2 heterocycles. The molecule has 0 spiro atoms. The molecule has 0 aromatic heterocycles. The molecule has 0 saturated carbocycles. The van der Waals surface area contributed by atoms with Crippen LogP contribution in [0.25, 0.3) is 0 Å². The smallest absolute Gasteiger partial charge is 0.167 e. The minimum atomic E-state index is -1.08. The predicted molar refractivity (Wildman–Crippen MR) is 110 cm³/mol. The van der Waals surface area contributed by atoms with Gasteiger partial charge >= 0.3 is 0 Å². The number of fused-ring (bicyclic) bond motifs is 3. The molecule has 2 atom stereocenters. The quantitative estimate of drug-likeness (QED) is 0.552. The van der Waals surface area contributed by atoms with Crippen LogP contribution >= 0.6 is 0 Å². The number of nitrogens with zero attached hydrogens (tertiary/aromatic N) is 9. The molecular formula is C20H9N11. The van der Waals surface area contributed by atoms with Gasteiger partial charge in [0.05, 0.1) is 40.5 Å². The first-order chi connectivity index (χ1) is 14.9. The average Bonchev–Trinajstić information content (AvgIpc) is 2.81. The van der Waals surface area contributed by atoms with E-state index in [9.17, 15) is 26.3 Å². The van der Waals surface area contributed by atoms with Crippen LogP contribution in [0.3, 0.4) is 0 Å². The lowest BCUT2D eigenvalue weighted by molar-refractivity contribution is 1.10. The third kappa shape index (κ3) is 3.18. The van der Waals surface area contributed by atoms with Crippen molar-refractivity contribution in [2.24, 2.45) is 15.0 Å². The summed E-state index contributed by atoms with van der Waals surface area (Å²) in [6, 6.07) is 8.98. The Kier molecular flexibility index (Phi) is 5.14. The van der Waals surface area contributed by atoms with E-state index in [1.54, 1.807) is 19.1 Å². The fraction of sp³-hybridized carbons (Fsp3) is 0.150. The van der Waals surface area contributed by atoms with Gasteiger partial charge in [0.2, 0.25) is 0 Å². The third-order valence-electron chi connectivity index (χ3n) is 4.48. The summed E-state index contributed by atoms with van der Waals surface area (Å²) in [6.07, 6.45) is 0. The first-order valence-corrected chi connectivity index (χ1v) is 8.52. The molecule has 144 valence electrons. The number of benzene rings is 1. The lowest BCUT2D eigenvalue weighted by atomic mass is 9.99. The van der Waals surface area contributed by atoms with E-state index in [1.165, 1.54) is 0 Å². The van der Waals surface area contributed by atoms with Crippen LogP contribution in [0.5, 0.6) is 0 Å². The van der Waals surface area contributed by atoms with Gasteiger partial charge in [-0.05, 0) is 6.92 Å². The summed E-state index contributed by atoms with van der Waals surface area (Å²) in [7, 11) is 0. The highest BCUT2D eigenvalue weighted by Gasteiger charge is 2.34. The van der Waals surface area contributed by atoms with E-state index >= 15 is 0 Å². The van der Waals surface area contributed by atoms with Gasteiger partial charge in [0.25, 0.3) is 0 Å². The molecule has 2 unspecified atom stereocenters. The second-order valence-corrected chi connectivity index (χ2v) is 6.21. The lowest BCUT2D eigenvalue weighted by Gasteiger charge is -2.28. The molecule has 2 aliphatic heterocycles. The van der Waals surface area contributed by atoms with Crippen LogP contribution in [0.1, 0.15) is 5.56 Å². The van der Waals surface area contributed by atoms with Crippen molar-refractivity contribution in [2.75, 3.05) is 10.6 Å². The van der Waals surface area contributed by atoms with Crippen molar-refractivity contribution in [1.82, 2.24) is 0 Å². The Balaban J connectivity index is 2.46. The molecule has 0 radical (unpaired) electrons. The van der Waals surface area contributed by atoms with Crippen molar-refractivity contribution in [3.63, 3.8) is 0 Å². The molecule has 0 fully saturated rings. The van der Waals surface area contributed by atoms with Crippen molar-refractivity contribution in [3.05, 3.63) is 17.7 Å². The highest BCUT2D eigenvalue weighted by atomic mass is 15.1. The summed E-state index contributed by atoms with van der Waals surface area (Å²) in [5.41, 5.74) is 0.742. The Hall–Kier alpha value is -5.49. The highest BCUT2D eigenvalue weighted by molar-refractivity contribution is 6.19. The molecule has 0 aliphatic carbocycles. The SMILES string of the molecule is C=C(C#N)C(C#N)=Nc1c(C)c2c(c3c1NC(C#N)C(C#N)=N3)NC(C#N)C(C#N)=N2. The van der Waals surface area contributed by atoms with E-state index < -0.39 is 12.1 Å². The molecule has 2 aliphatic rings. The zero-order valence-corrected chi connectivity index (χ0v) is 15.9. The standard InChI is InChI=1S/C20H9N11/c1-9(3-21)11(4-22)27-16-10(2)17-19(29-13(6-24)12(5-23)28-17)20-18(16)30-14(7-25)15(8-26)31-20/h13-14,29-30H,1H2,2H3. The van der Waals surface area contributed by atoms with Gasteiger partial charge in [0.15, 0.2) is 29.2 Å². The number of aliphatic imine (C=N–C) groups is 3. The summed E-state index contributed by atoms with van der Waals surface area (Å²) in [5, 5.41) is 61.7. The maximum absolute atomic E-state index is 9.41. The molecule has 0 saturated heterocycles. The number of hydrogen-bond acceptors (Lipinski definition) is 11. The molecule has 11 heteroatoms. The van der Waals surface area contributed by atoms with Crippen molar-refractivity contribution in [1.29, 1.82) is 31.6 Å². The fourth-order valence-corrected chi connectivity index (χ4v) is 2.99. The number of rotatable bonds is 2. The Morgan fingerprint density at radius 1 is 0.871 bits per heavy atom. The summed E-state index contributed by atoms with van der Waals surface area (Å²) in [6.45, 7) is 5.11. The molecule has 0 bridgehead atoms. The second-order valence-electron chi connectivity index (χ2n) is 6.21. The topological polar surface area (TPSA) is 204 Å². The first kappa shape index (κ1) is 20.2. The minimum absolute atomic E-state index is 0.0851. The van der Waals surface area contributed by atoms with E-state index in [-0.39, 0.29) is 51.1 Å². The largest absolute Gasteiger partial charge is 0.361 e. The van der Waals surface area contributed by atoms with Gasteiger partial charge in [-0.25, -0.2) is 15.0 Å². The van der Waals surface area contributed by atoms with Crippen LogP contribution in [0, 0.1) is 74.9 Å². The van der Waals surface area contributed by atoms with Gasteiger partial charge in [0.1, 0.15) is 30.0 Å². The van der Waals surface area contributed by atoms with E-state index in [1.807, 2.05) is 24.3 Å². The number of allylic oxidation sites excluding steroid dienone is 1. The van der Waals surface area contributed by atoms with Gasteiger partial charge in [-0.3, -0.25) is 0 Å². The number of nitriles is 6. The summed E-state index contributed by atoms with van der Waals surface area (Å²) in [5.74, 6) is 0. The van der Waals surface area contributed by atoms with E-state index in [0.717, 1.165) is 0 Å². The Labute approximate surface area is 176 Å². The first-order valence-electron chi connectivity index (χ1n) is 8.52. The van der Waals surface area contributed by atoms with Crippen LogP contribution in [-0.4, -0.2) is 29.2 Å². The van der Waals surface area contributed by atoms with Crippen molar-refractivity contribution in [3.8, 4) is 36.4 Å². The fourth-order valence-electron chi connectivity index (χ4n) is 2.99. The van der Waals surface area contributed by atoms with Crippen molar-refractivity contribution >= 4 is 45.6 Å². The maximum Gasteiger partial charge on any atom is 0.167 e. The monoisotopic (exact) mass is 403 g/mol. The van der Waals surface area contributed by atoms with E-state index in [0.29, 0.717) is 5.56 Å². The lowest BCUT2D eigenvalue weighted by Crippen LogP contribution is -2.32. The average molecular weight is 403 g/mol. The Morgan fingerprint density at radius 3 is 1.90 bits per heavy atom. The molecular weight excluding hydrogens is 394 g/mol. The molecule has 2 N–H and O–H groups in total. The summed E-state index contributed by atoms with van der Waals surface area (Å²) in [4.78, 5) is 12.8. The van der Waals surface area contributed by atoms with E-state index in [4.69, 9.17) is 5.26 Å². The van der Waals surface area contributed by atoms with Crippen LogP contribution in [-0.2, 0) is 0 Å². The van der Waals surface area contributed by atoms with Gasteiger partial charge in [-0.1, -0.05) is 6.58 Å². The Morgan fingerprint density at radius 2 is 1.42 bits per heavy atom. The molecule has 11 nitrogen and oxygen atoms in total. The second kappa shape index (κ2) is 7.86. The zero-order chi connectivity index (χ0) is 22.7. The molecule has 1 aromatic carbocycles. The van der Waals surface area contributed by atoms with Gasteiger partial charge in [0, 0.05) is 5.56 Å². The molecule has 3 rings (SSSR count). The summed E-state index contributed by atoms with van der Waals surface area (Å²) < 4.78 is 0. The molecule has 0 amide bonds. The van der Waals surface area contributed by atoms with Crippen LogP contribution in [0.15, 0.2) is 27.1 Å². The van der Waals surface area contributed by atoms with Gasteiger partial charge < -0.3 is 10.6 Å². The third-order valence-corrected chi connectivity index (χ3v) is 4.48. The minimum Gasteiger partial charge on any atom is -0.361 e. The van der Waals surface area contributed by atoms with Crippen LogP contribution < -0.4 is 10.6 Å². The summed E-state index contributed by atoms with van der Waals surface area (Å²) >= 11 is 0. The number of hydrogen-bond donors (Lipinski definition) is 2. The predicted octanol–water partition coefficient (Wildman–Crippen LogP) is 2.50. The maximum atomic E-state index is 9.41. The number of nitrogens with one attached hydrogen (secondary N) is 2. The molecule has 1 aromatic rings. The van der Waals surface area contributed by atoms with Gasteiger partial charge in [-0.15, -0.1) is 0 Å². The van der Waals surface area contributed by atoms with E-state index in [2.05, 4.69) is 32.2 Å². The van der Waals surface area contributed by atoms with Crippen molar-refractivity contribution in [2.45, 2.75) is 19.0 Å².